The number of hydrogen-bond donors (Lipinski definition) is 1. The van der Waals surface area contributed by atoms with Gasteiger partial charge in [0.15, 0.2) is 0 Å². The Morgan fingerprint density at radius 1 is 1.06 bits per heavy atom. The van der Waals surface area contributed by atoms with Crippen molar-refractivity contribution in [1.29, 1.82) is 5.26 Å². The van der Waals surface area contributed by atoms with Gasteiger partial charge in [-0.3, -0.25) is 0 Å². The zero-order valence-corrected chi connectivity index (χ0v) is 17.3. The summed E-state index contributed by atoms with van der Waals surface area (Å²) < 4.78 is 31.7. The molecular weight excluding hydrogens is 426 g/mol. The molecule has 2 aromatic carbocycles. The zero-order valence-electron chi connectivity index (χ0n) is 17.3. The number of aromatic nitrogens is 6. The highest BCUT2D eigenvalue weighted by atomic mass is 19.1. The Morgan fingerprint density at radius 2 is 1.88 bits per heavy atom. The average Bonchev–Trinajstić information content (AvgIpc) is 3.45. The normalized spacial score (nSPS) is 12.1. The van der Waals surface area contributed by atoms with Gasteiger partial charge in [0, 0.05) is 11.8 Å². The van der Waals surface area contributed by atoms with Crippen molar-refractivity contribution in [2.75, 3.05) is 5.73 Å². The van der Waals surface area contributed by atoms with Gasteiger partial charge in [-0.05, 0) is 36.8 Å². The Morgan fingerprint density at radius 3 is 2.64 bits per heavy atom. The molecule has 3 heterocycles. The number of hydrogen-bond acceptors (Lipinski definition) is 6. The summed E-state index contributed by atoms with van der Waals surface area (Å²) in [5.74, 6) is -0.813. The lowest BCUT2D eigenvalue weighted by molar-refractivity contribution is 0.607. The number of anilines is 1. The van der Waals surface area contributed by atoms with Gasteiger partial charge in [0.25, 0.3) is 0 Å². The lowest BCUT2D eigenvalue weighted by atomic mass is 10.0. The average molecular weight is 442 g/mol. The van der Waals surface area contributed by atoms with Crippen LogP contribution in [-0.2, 0) is 0 Å². The second-order valence-electron chi connectivity index (χ2n) is 7.43. The first kappa shape index (κ1) is 20.3. The summed E-state index contributed by atoms with van der Waals surface area (Å²) in [5, 5.41) is 17.9. The number of nitrogens with zero attached hydrogens (tertiary/aromatic N) is 7. The summed E-state index contributed by atoms with van der Waals surface area (Å²) in [7, 11) is 0. The van der Waals surface area contributed by atoms with Crippen LogP contribution in [0, 0.1) is 23.0 Å². The highest BCUT2D eigenvalue weighted by Gasteiger charge is 2.22. The minimum absolute atomic E-state index is 0.0511. The van der Waals surface area contributed by atoms with Crippen molar-refractivity contribution in [3.05, 3.63) is 84.1 Å². The third kappa shape index (κ3) is 3.36. The fraction of sp³-hybridized carbons (Fsp3) is 0.0870. The molecule has 0 saturated carbocycles. The van der Waals surface area contributed by atoms with Gasteiger partial charge in [0.1, 0.15) is 46.9 Å². The van der Waals surface area contributed by atoms with E-state index in [2.05, 4.69) is 20.3 Å². The first-order chi connectivity index (χ1) is 16.0. The van der Waals surface area contributed by atoms with Gasteiger partial charge in [0.2, 0.25) is 0 Å². The molecule has 0 radical (unpaired) electrons. The summed E-state index contributed by atoms with van der Waals surface area (Å²) in [5.41, 5.74) is 8.60. The third-order valence-electron chi connectivity index (χ3n) is 5.49. The SMILES string of the molecule is C[C@@H](c1cn(-c2ccccc2F)nn1)n1cc(-c2ccc(C#N)c(F)c2)c2c(N)ncnc21. The molecule has 0 aliphatic rings. The van der Waals surface area contributed by atoms with E-state index in [0.29, 0.717) is 27.9 Å². The first-order valence-electron chi connectivity index (χ1n) is 9.96. The maximum atomic E-state index is 14.3. The quantitative estimate of drug-likeness (QED) is 0.450. The van der Waals surface area contributed by atoms with Crippen LogP contribution in [-0.4, -0.2) is 29.5 Å². The second-order valence-corrected chi connectivity index (χ2v) is 7.43. The fourth-order valence-corrected chi connectivity index (χ4v) is 3.76. The maximum Gasteiger partial charge on any atom is 0.148 e. The van der Waals surface area contributed by atoms with Crippen molar-refractivity contribution in [2.24, 2.45) is 0 Å². The first-order valence-corrected chi connectivity index (χ1v) is 9.96. The van der Waals surface area contributed by atoms with Gasteiger partial charge in [-0.25, -0.2) is 23.4 Å². The molecule has 2 N–H and O–H groups in total. The van der Waals surface area contributed by atoms with Crippen molar-refractivity contribution in [3.8, 4) is 22.9 Å². The summed E-state index contributed by atoms with van der Waals surface area (Å²) in [6, 6.07) is 12.1. The minimum Gasteiger partial charge on any atom is -0.383 e. The van der Waals surface area contributed by atoms with E-state index in [4.69, 9.17) is 11.0 Å². The molecule has 0 amide bonds. The van der Waals surface area contributed by atoms with E-state index >= 15 is 0 Å². The third-order valence-corrected chi connectivity index (χ3v) is 5.49. The van der Waals surface area contributed by atoms with E-state index in [-0.39, 0.29) is 23.1 Å². The monoisotopic (exact) mass is 442 g/mol. The van der Waals surface area contributed by atoms with Gasteiger partial charge in [0.05, 0.1) is 23.2 Å². The topological polar surface area (TPSA) is 111 Å². The van der Waals surface area contributed by atoms with Crippen LogP contribution in [0.5, 0.6) is 0 Å². The largest absolute Gasteiger partial charge is 0.383 e. The van der Waals surface area contributed by atoms with Crippen molar-refractivity contribution in [3.63, 3.8) is 0 Å². The fourth-order valence-electron chi connectivity index (χ4n) is 3.76. The molecule has 5 rings (SSSR count). The van der Waals surface area contributed by atoms with E-state index in [0.717, 1.165) is 0 Å². The molecule has 0 unspecified atom stereocenters. The number of rotatable bonds is 4. The van der Waals surface area contributed by atoms with Crippen LogP contribution in [0.2, 0.25) is 0 Å². The van der Waals surface area contributed by atoms with Crippen LogP contribution < -0.4 is 5.73 Å². The molecule has 0 spiro atoms. The van der Waals surface area contributed by atoms with Gasteiger partial charge in [-0.1, -0.05) is 23.4 Å². The van der Waals surface area contributed by atoms with Gasteiger partial charge >= 0.3 is 0 Å². The Labute approximate surface area is 186 Å². The van der Waals surface area contributed by atoms with Crippen molar-refractivity contribution < 1.29 is 8.78 Å². The highest BCUT2D eigenvalue weighted by molar-refractivity contribution is 6.00. The zero-order chi connectivity index (χ0) is 23.1. The number of halogens is 2. The Kier molecular flexibility index (Phi) is 4.79. The molecule has 0 saturated heterocycles. The van der Waals surface area contributed by atoms with Crippen LogP contribution in [0.25, 0.3) is 27.8 Å². The van der Waals surface area contributed by atoms with E-state index in [1.54, 1.807) is 36.7 Å². The van der Waals surface area contributed by atoms with Crippen LogP contribution >= 0.6 is 0 Å². The molecular formula is C23H16F2N8. The number of nitriles is 1. The van der Waals surface area contributed by atoms with E-state index < -0.39 is 11.6 Å². The van der Waals surface area contributed by atoms with Crippen LogP contribution in [0.3, 0.4) is 0 Å². The van der Waals surface area contributed by atoms with Crippen LogP contribution in [0.1, 0.15) is 24.2 Å². The summed E-state index contributed by atoms with van der Waals surface area (Å²) >= 11 is 0. The Bertz CT molecular complexity index is 1550. The van der Waals surface area contributed by atoms with Crippen molar-refractivity contribution >= 4 is 16.9 Å². The van der Waals surface area contributed by atoms with E-state index in [1.807, 2.05) is 17.6 Å². The van der Waals surface area contributed by atoms with Gasteiger partial charge in [-0.15, -0.1) is 5.10 Å². The van der Waals surface area contributed by atoms with E-state index in [9.17, 15) is 8.78 Å². The number of fused-ring (bicyclic) bond motifs is 1. The minimum atomic E-state index is -0.632. The maximum absolute atomic E-state index is 14.3. The summed E-state index contributed by atoms with van der Waals surface area (Å²) in [6.45, 7) is 1.89. The molecule has 0 bridgehead atoms. The molecule has 8 nitrogen and oxygen atoms in total. The molecule has 0 aliphatic heterocycles. The molecule has 3 aromatic heterocycles. The Balaban J connectivity index is 1.63. The molecule has 162 valence electrons. The number of para-hydroxylation sites is 1. The van der Waals surface area contributed by atoms with Crippen molar-refractivity contribution in [2.45, 2.75) is 13.0 Å². The van der Waals surface area contributed by atoms with Crippen molar-refractivity contribution in [1.82, 2.24) is 29.5 Å². The standard InChI is InChI=1S/C23H16F2N8/c1-13(19-11-33(31-30-19)20-5-3-2-4-17(20)24)32-10-16(21-22(27)28-12-29-23(21)32)14-6-7-15(9-26)18(25)8-14/h2-8,10-13H,1H3,(H2,27,28,29)/t13-/m0/s1. The predicted molar refractivity (Wildman–Crippen MR) is 117 cm³/mol. The number of nitrogen functional groups attached to an aromatic ring is 1. The smallest absolute Gasteiger partial charge is 0.148 e. The molecule has 33 heavy (non-hydrogen) atoms. The molecule has 0 fully saturated rings. The highest BCUT2D eigenvalue weighted by Crippen LogP contribution is 2.36. The van der Waals surface area contributed by atoms with E-state index in [1.165, 1.54) is 29.2 Å². The molecule has 0 aliphatic carbocycles. The molecule has 5 aromatic rings. The molecule has 10 heteroatoms. The van der Waals surface area contributed by atoms with Crippen LogP contribution in [0.15, 0.2) is 61.2 Å². The number of nitrogens with two attached hydrogens (primary N) is 1. The predicted octanol–water partition coefficient (Wildman–Crippen LogP) is 4.02. The summed E-state index contributed by atoms with van der Waals surface area (Å²) in [4.78, 5) is 8.46. The second kappa shape index (κ2) is 7.80. The van der Waals surface area contributed by atoms with Gasteiger partial charge in [-0.2, -0.15) is 5.26 Å². The lowest BCUT2D eigenvalue weighted by Gasteiger charge is -2.11. The Hall–Kier alpha value is -4.65. The lowest BCUT2D eigenvalue weighted by Crippen LogP contribution is -2.07. The van der Waals surface area contributed by atoms with Gasteiger partial charge < -0.3 is 10.3 Å². The summed E-state index contributed by atoms with van der Waals surface area (Å²) in [6.07, 6.45) is 4.77. The number of benzene rings is 2. The molecule has 1 atom stereocenters. The van der Waals surface area contributed by atoms with Crippen LogP contribution in [0.4, 0.5) is 14.6 Å².